The quantitative estimate of drug-likeness (QED) is 0.619. The van der Waals surface area contributed by atoms with Crippen molar-refractivity contribution < 1.29 is 14.3 Å². The monoisotopic (exact) mass is 256 g/mol. The van der Waals surface area contributed by atoms with Gasteiger partial charge in [0.1, 0.15) is 5.82 Å². The fraction of sp³-hybridized carbons (Fsp3) is 0.100. The predicted molar refractivity (Wildman–Crippen MR) is 54.0 cm³/mol. The Morgan fingerprint density at radius 2 is 2.21 bits per heavy atom. The van der Waals surface area contributed by atoms with Crippen molar-refractivity contribution in [1.82, 2.24) is 0 Å². The maximum atomic E-state index is 12.9. The van der Waals surface area contributed by atoms with E-state index in [1.54, 1.807) is 0 Å². The summed E-state index contributed by atoms with van der Waals surface area (Å²) in [5.74, 6) is 3.54. The molecule has 0 aliphatic carbocycles. The number of carboxylic acids is 1. The number of halogens is 2. The number of carbonyl (C=O) groups is 1. The number of aromatic carboxylic acids is 1. The summed E-state index contributed by atoms with van der Waals surface area (Å²) in [6.07, 6.45) is 0. The molecule has 0 atom stereocenters. The first-order valence-corrected chi connectivity index (χ1v) is 4.84. The zero-order valence-corrected chi connectivity index (χ0v) is 8.64. The second-order valence-electron chi connectivity index (χ2n) is 2.47. The molecular weight excluding hydrogens is 251 g/mol. The van der Waals surface area contributed by atoms with Crippen molar-refractivity contribution in [3.05, 3.63) is 35.1 Å². The van der Waals surface area contributed by atoms with Crippen molar-refractivity contribution in [3.63, 3.8) is 0 Å². The molecule has 0 aliphatic rings. The largest absolute Gasteiger partial charge is 0.478 e. The molecule has 0 saturated carbocycles. The molecule has 0 amide bonds. The molecule has 1 N–H and O–H groups in total. The number of benzene rings is 1. The van der Waals surface area contributed by atoms with Crippen LogP contribution in [-0.2, 0) is 0 Å². The molecule has 0 aromatic heterocycles. The van der Waals surface area contributed by atoms with Crippen LogP contribution in [0.25, 0.3) is 0 Å². The van der Waals surface area contributed by atoms with Crippen molar-refractivity contribution in [2.45, 2.75) is 0 Å². The number of rotatable bonds is 1. The average molecular weight is 257 g/mol. The first-order chi connectivity index (χ1) is 6.63. The van der Waals surface area contributed by atoms with E-state index in [-0.39, 0.29) is 5.56 Å². The van der Waals surface area contributed by atoms with Crippen molar-refractivity contribution in [3.8, 4) is 11.8 Å². The topological polar surface area (TPSA) is 37.3 Å². The van der Waals surface area contributed by atoms with Crippen LogP contribution in [0.5, 0.6) is 0 Å². The van der Waals surface area contributed by atoms with E-state index in [4.69, 9.17) is 5.11 Å². The highest BCUT2D eigenvalue weighted by Crippen LogP contribution is 2.08. The van der Waals surface area contributed by atoms with E-state index in [1.165, 1.54) is 12.1 Å². The first kappa shape index (κ1) is 10.7. The SMILES string of the molecule is O=C(O)c1cc(F)cc(C#CCBr)c1. The third-order valence-electron chi connectivity index (χ3n) is 1.44. The van der Waals surface area contributed by atoms with Crippen LogP contribution < -0.4 is 0 Å². The molecule has 1 aromatic rings. The molecule has 0 radical (unpaired) electrons. The van der Waals surface area contributed by atoms with Crippen LogP contribution in [0.1, 0.15) is 15.9 Å². The van der Waals surface area contributed by atoms with Gasteiger partial charge in [0.05, 0.1) is 10.9 Å². The van der Waals surface area contributed by atoms with Gasteiger partial charge in [0.25, 0.3) is 0 Å². The second kappa shape index (κ2) is 4.77. The fourth-order valence-corrected chi connectivity index (χ4v) is 1.06. The average Bonchev–Trinajstić information content (AvgIpc) is 2.14. The summed E-state index contributed by atoms with van der Waals surface area (Å²) >= 11 is 3.09. The fourth-order valence-electron chi connectivity index (χ4n) is 0.921. The van der Waals surface area contributed by atoms with E-state index in [0.717, 1.165) is 6.07 Å². The Morgan fingerprint density at radius 1 is 1.50 bits per heavy atom. The summed E-state index contributed by atoms with van der Waals surface area (Å²) in [5.41, 5.74) is 0.269. The molecule has 72 valence electrons. The van der Waals surface area contributed by atoms with Crippen molar-refractivity contribution in [1.29, 1.82) is 0 Å². The van der Waals surface area contributed by atoms with E-state index in [2.05, 4.69) is 27.8 Å². The zero-order valence-electron chi connectivity index (χ0n) is 7.05. The van der Waals surface area contributed by atoms with Gasteiger partial charge in [-0.1, -0.05) is 27.8 Å². The smallest absolute Gasteiger partial charge is 0.335 e. The van der Waals surface area contributed by atoms with E-state index < -0.39 is 11.8 Å². The van der Waals surface area contributed by atoms with Crippen LogP contribution in [0, 0.1) is 17.7 Å². The van der Waals surface area contributed by atoms with E-state index in [1.807, 2.05) is 0 Å². The highest BCUT2D eigenvalue weighted by Gasteiger charge is 2.05. The van der Waals surface area contributed by atoms with Crippen molar-refractivity contribution in [2.24, 2.45) is 0 Å². The molecule has 2 nitrogen and oxygen atoms in total. The molecular formula is C10H6BrFO2. The first-order valence-electron chi connectivity index (χ1n) is 3.72. The molecule has 0 aliphatic heterocycles. The number of alkyl halides is 1. The minimum absolute atomic E-state index is 0.0936. The summed E-state index contributed by atoms with van der Waals surface area (Å²) < 4.78 is 12.9. The Balaban J connectivity index is 3.13. The van der Waals surface area contributed by atoms with Gasteiger partial charge in [-0.15, -0.1) is 0 Å². The molecule has 14 heavy (non-hydrogen) atoms. The van der Waals surface area contributed by atoms with E-state index in [0.29, 0.717) is 10.9 Å². The maximum absolute atomic E-state index is 12.9. The molecule has 0 heterocycles. The maximum Gasteiger partial charge on any atom is 0.335 e. The minimum atomic E-state index is -1.16. The van der Waals surface area contributed by atoms with Gasteiger partial charge in [-0.3, -0.25) is 0 Å². The predicted octanol–water partition coefficient (Wildman–Crippen LogP) is 2.27. The highest BCUT2D eigenvalue weighted by atomic mass is 79.9. The number of carboxylic acid groups (broad SMARTS) is 1. The summed E-state index contributed by atoms with van der Waals surface area (Å²) in [6, 6.07) is 3.49. The highest BCUT2D eigenvalue weighted by molar-refractivity contribution is 9.09. The van der Waals surface area contributed by atoms with Gasteiger partial charge in [-0.05, 0) is 18.2 Å². The number of hydrogen-bond donors (Lipinski definition) is 1. The summed E-state index contributed by atoms with van der Waals surface area (Å²) in [7, 11) is 0. The van der Waals surface area contributed by atoms with Gasteiger partial charge in [-0.25, -0.2) is 9.18 Å². The Bertz CT molecular complexity index is 418. The van der Waals surface area contributed by atoms with Crippen LogP contribution >= 0.6 is 15.9 Å². The number of hydrogen-bond acceptors (Lipinski definition) is 1. The van der Waals surface area contributed by atoms with Gasteiger partial charge in [0.15, 0.2) is 0 Å². The molecule has 4 heteroatoms. The van der Waals surface area contributed by atoms with Crippen LogP contribution in [0.15, 0.2) is 18.2 Å². The Kier molecular flexibility index (Phi) is 3.66. The van der Waals surface area contributed by atoms with Crippen LogP contribution in [0.4, 0.5) is 4.39 Å². The molecule has 0 saturated heterocycles. The molecule has 0 bridgehead atoms. The normalized spacial score (nSPS) is 9.00. The summed E-state index contributed by atoms with van der Waals surface area (Å²) in [4.78, 5) is 10.6. The van der Waals surface area contributed by atoms with E-state index in [9.17, 15) is 9.18 Å². The van der Waals surface area contributed by atoms with Gasteiger partial charge in [-0.2, -0.15) is 0 Å². The third kappa shape index (κ3) is 2.86. The lowest BCUT2D eigenvalue weighted by Gasteiger charge is -1.96. The Labute approximate surface area is 88.9 Å². The van der Waals surface area contributed by atoms with Crippen molar-refractivity contribution in [2.75, 3.05) is 5.33 Å². The molecule has 0 spiro atoms. The second-order valence-corrected chi connectivity index (χ2v) is 3.03. The van der Waals surface area contributed by atoms with Gasteiger partial charge in [0, 0.05) is 5.56 Å². The minimum Gasteiger partial charge on any atom is -0.478 e. The molecule has 0 fully saturated rings. The van der Waals surface area contributed by atoms with Crippen molar-refractivity contribution >= 4 is 21.9 Å². The van der Waals surface area contributed by atoms with E-state index >= 15 is 0 Å². The molecule has 1 rings (SSSR count). The van der Waals surface area contributed by atoms with Crippen LogP contribution in [0.2, 0.25) is 0 Å². The van der Waals surface area contributed by atoms with Gasteiger partial charge < -0.3 is 5.11 Å². The molecule has 0 unspecified atom stereocenters. The van der Waals surface area contributed by atoms with Gasteiger partial charge in [0.2, 0.25) is 0 Å². The van der Waals surface area contributed by atoms with Crippen LogP contribution in [0.3, 0.4) is 0 Å². The third-order valence-corrected chi connectivity index (χ3v) is 1.72. The molecule has 1 aromatic carbocycles. The van der Waals surface area contributed by atoms with Gasteiger partial charge >= 0.3 is 5.97 Å². The lowest BCUT2D eigenvalue weighted by molar-refractivity contribution is 0.0696. The lowest BCUT2D eigenvalue weighted by atomic mass is 10.1. The lowest BCUT2D eigenvalue weighted by Crippen LogP contribution is -1.97. The Morgan fingerprint density at radius 3 is 2.79 bits per heavy atom. The zero-order chi connectivity index (χ0) is 10.6. The Hall–Kier alpha value is -1.34. The summed E-state index contributed by atoms with van der Waals surface area (Å²) in [6.45, 7) is 0. The standard InChI is InChI=1S/C10H6BrFO2/c11-3-1-2-7-4-8(10(13)14)6-9(12)5-7/h4-6H,3H2,(H,13,14). The van der Waals surface area contributed by atoms with Crippen LogP contribution in [-0.4, -0.2) is 16.4 Å². The summed E-state index contributed by atoms with van der Waals surface area (Å²) in [5, 5.41) is 9.10.